The molecular formula is C28H37N5O4. The number of allylic oxidation sites excluding steroid dienone is 4. The predicted molar refractivity (Wildman–Crippen MR) is 141 cm³/mol. The quantitative estimate of drug-likeness (QED) is 0.613. The molecule has 2 atom stereocenters. The molecule has 0 saturated carbocycles. The molecule has 4 amide bonds. The molecule has 1 aromatic rings. The van der Waals surface area contributed by atoms with Gasteiger partial charge in [0, 0.05) is 20.1 Å². The van der Waals surface area contributed by atoms with Crippen molar-refractivity contribution in [2.75, 3.05) is 40.3 Å². The van der Waals surface area contributed by atoms with Crippen molar-refractivity contribution in [1.82, 2.24) is 25.1 Å². The molecule has 0 aromatic heterocycles. The number of carbonyl (C=O) groups excluding carboxylic acids is 3. The van der Waals surface area contributed by atoms with Crippen LogP contribution in [0.1, 0.15) is 38.3 Å². The monoisotopic (exact) mass is 507 g/mol. The van der Waals surface area contributed by atoms with Gasteiger partial charge in [-0.1, -0.05) is 56.3 Å². The van der Waals surface area contributed by atoms with Crippen LogP contribution in [0.4, 0.5) is 4.79 Å². The van der Waals surface area contributed by atoms with E-state index in [9.17, 15) is 14.4 Å². The molecule has 2 saturated heterocycles. The topological polar surface area (TPSA) is 85.4 Å². The Kier molecular flexibility index (Phi) is 8.33. The summed E-state index contributed by atoms with van der Waals surface area (Å²) in [5.41, 5.74) is 1.78. The SMILES string of the molecule is COC1=CC=C(CNC(=O)N2C3CN(CCC(C)C)C(=O)[C@H](c4ccccc4)N3C(=O)CN2C)CC=C1. The van der Waals surface area contributed by atoms with Gasteiger partial charge in [0.1, 0.15) is 18.0 Å². The summed E-state index contributed by atoms with van der Waals surface area (Å²) in [5, 5.41) is 6.27. The minimum absolute atomic E-state index is 0.0118. The summed E-state index contributed by atoms with van der Waals surface area (Å²) in [4.78, 5) is 44.0. The maximum absolute atomic E-state index is 13.7. The van der Waals surface area contributed by atoms with E-state index >= 15 is 0 Å². The first-order valence-electron chi connectivity index (χ1n) is 12.8. The molecule has 3 aliphatic rings. The Morgan fingerprint density at radius 2 is 1.92 bits per heavy atom. The number of carbonyl (C=O) groups is 3. The van der Waals surface area contributed by atoms with E-state index in [-0.39, 0.29) is 30.9 Å². The zero-order valence-electron chi connectivity index (χ0n) is 22.1. The van der Waals surface area contributed by atoms with Crippen molar-refractivity contribution in [3.8, 4) is 0 Å². The van der Waals surface area contributed by atoms with E-state index < -0.39 is 12.2 Å². The molecule has 1 aromatic carbocycles. The van der Waals surface area contributed by atoms with Crippen LogP contribution in [0.15, 0.2) is 66.0 Å². The number of nitrogens with one attached hydrogen (secondary N) is 1. The van der Waals surface area contributed by atoms with Gasteiger partial charge < -0.3 is 19.9 Å². The van der Waals surface area contributed by atoms with Crippen molar-refractivity contribution in [2.45, 2.75) is 38.9 Å². The Bertz CT molecular complexity index is 1100. The lowest BCUT2D eigenvalue weighted by atomic mass is 9.98. The Morgan fingerprint density at radius 3 is 2.62 bits per heavy atom. The highest BCUT2D eigenvalue weighted by molar-refractivity contribution is 5.92. The largest absolute Gasteiger partial charge is 0.497 e. The van der Waals surface area contributed by atoms with Gasteiger partial charge in [0.05, 0.1) is 20.2 Å². The van der Waals surface area contributed by atoms with Crippen LogP contribution in [0, 0.1) is 5.92 Å². The number of urea groups is 1. The van der Waals surface area contributed by atoms with Crippen molar-refractivity contribution in [3.63, 3.8) is 0 Å². The standard InChI is InChI=1S/C28H37N5O4/c1-20(2)15-16-31-18-24-32(26(27(31)35)22-10-6-5-7-11-22)25(34)19-30(3)33(24)28(36)29-17-21-9-8-12-23(37-4)14-13-21/h5-8,10-14,20,24,26H,9,15-19H2,1-4H3,(H,29,36)/t24?,26-/m0/s1. The van der Waals surface area contributed by atoms with Crippen LogP contribution in [-0.4, -0.2) is 84.2 Å². The number of rotatable bonds is 7. The number of fused-ring (bicyclic) bond motifs is 1. The average Bonchev–Trinajstić information content (AvgIpc) is 3.12. The third-order valence-corrected chi connectivity index (χ3v) is 6.98. The van der Waals surface area contributed by atoms with E-state index in [1.807, 2.05) is 54.6 Å². The van der Waals surface area contributed by atoms with Gasteiger partial charge in [-0.15, -0.1) is 0 Å². The van der Waals surface area contributed by atoms with E-state index in [1.54, 1.807) is 34.0 Å². The van der Waals surface area contributed by atoms with Crippen LogP contribution < -0.4 is 5.32 Å². The van der Waals surface area contributed by atoms with E-state index in [0.29, 0.717) is 25.4 Å². The number of hydrogen-bond donors (Lipinski definition) is 1. The Labute approximate surface area is 219 Å². The normalized spacial score (nSPS) is 22.5. The maximum Gasteiger partial charge on any atom is 0.334 e. The zero-order valence-corrected chi connectivity index (χ0v) is 22.1. The second-order valence-corrected chi connectivity index (χ2v) is 10.1. The number of piperazine rings is 1. The number of amides is 4. The first kappa shape index (κ1) is 26.5. The molecule has 4 rings (SSSR count). The van der Waals surface area contributed by atoms with Gasteiger partial charge in [0.2, 0.25) is 11.8 Å². The molecule has 1 N–H and O–H groups in total. The predicted octanol–water partition coefficient (Wildman–Crippen LogP) is 3.06. The van der Waals surface area contributed by atoms with E-state index in [1.165, 1.54) is 0 Å². The lowest BCUT2D eigenvalue weighted by Crippen LogP contribution is -2.73. The molecule has 2 fully saturated rings. The minimum Gasteiger partial charge on any atom is -0.497 e. The highest BCUT2D eigenvalue weighted by Crippen LogP contribution is 2.34. The molecule has 1 aliphatic carbocycles. The van der Waals surface area contributed by atoms with Gasteiger partial charge in [-0.25, -0.2) is 14.8 Å². The first-order valence-corrected chi connectivity index (χ1v) is 12.8. The lowest BCUT2D eigenvalue weighted by Gasteiger charge is -2.54. The first-order chi connectivity index (χ1) is 17.8. The maximum atomic E-state index is 13.7. The van der Waals surface area contributed by atoms with Gasteiger partial charge in [-0.05, 0) is 42.0 Å². The van der Waals surface area contributed by atoms with Crippen LogP contribution in [0.3, 0.4) is 0 Å². The van der Waals surface area contributed by atoms with Crippen molar-refractivity contribution in [1.29, 1.82) is 0 Å². The molecule has 2 heterocycles. The number of nitrogens with zero attached hydrogens (tertiary/aromatic N) is 4. The highest BCUT2D eigenvalue weighted by Gasteiger charge is 2.51. The third-order valence-electron chi connectivity index (χ3n) is 6.98. The van der Waals surface area contributed by atoms with E-state index in [0.717, 1.165) is 23.3 Å². The van der Waals surface area contributed by atoms with Crippen molar-refractivity contribution in [3.05, 3.63) is 71.5 Å². The van der Waals surface area contributed by atoms with Gasteiger partial charge >= 0.3 is 6.03 Å². The molecule has 198 valence electrons. The fourth-order valence-corrected chi connectivity index (χ4v) is 4.96. The van der Waals surface area contributed by atoms with Gasteiger partial charge in [0.15, 0.2) is 0 Å². The van der Waals surface area contributed by atoms with Crippen molar-refractivity contribution < 1.29 is 19.1 Å². The van der Waals surface area contributed by atoms with E-state index in [2.05, 4.69) is 19.2 Å². The highest BCUT2D eigenvalue weighted by atomic mass is 16.5. The fraction of sp³-hybridized carbons (Fsp3) is 0.464. The summed E-state index contributed by atoms with van der Waals surface area (Å²) >= 11 is 0. The summed E-state index contributed by atoms with van der Waals surface area (Å²) < 4.78 is 5.28. The molecule has 0 bridgehead atoms. The Hall–Kier alpha value is -3.59. The van der Waals surface area contributed by atoms with Gasteiger partial charge in [0.25, 0.3) is 0 Å². The smallest absolute Gasteiger partial charge is 0.334 e. The van der Waals surface area contributed by atoms with Crippen molar-refractivity contribution >= 4 is 17.8 Å². The van der Waals surface area contributed by atoms with Crippen LogP contribution in [-0.2, 0) is 14.3 Å². The van der Waals surface area contributed by atoms with Crippen molar-refractivity contribution in [2.24, 2.45) is 5.92 Å². The minimum atomic E-state index is -0.768. The number of benzene rings is 1. The number of ether oxygens (including phenoxy) is 1. The summed E-state index contributed by atoms with van der Waals surface area (Å²) in [6.07, 6.45) is 8.66. The Morgan fingerprint density at radius 1 is 1.16 bits per heavy atom. The van der Waals surface area contributed by atoms with Crippen LogP contribution in [0.2, 0.25) is 0 Å². The fourth-order valence-electron chi connectivity index (χ4n) is 4.96. The second-order valence-electron chi connectivity index (χ2n) is 10.1. The van der Waals surface area contributed by atoms with Crippen LogP contribution in [0.25, 0.3) is 0 Å². The number of hydrogen-bond acceptors (Lipinski definition) is 5. The molecule has 2 aliphatic heterocycles. The molecule has 9 nitrogen and oxygen atoms in total. The van der Waals surface area contributed by atoms with E-state index in [4.69, 9.17) is 4.74 Å². The Balaban J connectivity index is 1.60. The zero-order chi connectivity index (χ0) is 26.5. The number of hydrazine groups is 1. The van der Waals surface area contributed by atoms with Crippen LogP contribution >= 0.6 is 0 Å². The average molecular weight is 508 g/mol. The molecular weight excluding hydrogens is 470 g/mol. The number of likely N-dealkylation sites (N-methyl/N-ethyl adjacent to an activating group) is 1. The van der Waals surface area contributed by atoms with Crippen LogP contribution in [0.5, 0.6) is 0 Å². The lowest BCUT2D eigenvalue weighted by molar-refractivity contribution is -0.187. The summed E-state index contributed by atoms with van der Waals surface area (Å²) in [5.74, 6) is 0.908. The van der Waals surface area contributed by atoms with Gasteiger partial charge in [-0.3, -0.25) is 9.59 Å². The summed E-state index contributed by atoms with van der Waals surface area (Å²) in [6, 6.07) is 8.29. The molecule has 1 unspecified atom stereocenters. The van der Waals surface area contributed by atoms with Gasteiger partial charge in [-0.2, -0.15) is 0 Å². The second kappa shape index (κ2) is 11.6. The summed E-state index contributed by atoms with van der Waals surface area (Å²) in [7, 11) is 3.36. The molecule has 9 heteroatoms. The molecule has 37 heavy (non-hydrogen) atoms. The molecule has 0 radical (unpaired) electrons. The third kappa shape index (κ3) is 5.88. The summed E-state index contributed by atoms with van der Waals surface area (Å²) in [6.45, 7) is 5.46. The molecule has 0 spiro atoms. The number of methoxy groups -OCH3 is 1.